The fraction of sp³-hybridized carbons (Fsp3) is 0.422. The van der Waals surface area contributed by atoms with E-state index >= 15 is 8.78 Å². The standard InChI is InChI=1S/C45H50F2N8O7/c1-23(2)37(52-43(58)61-5)41(56)54-17-7-9-35(54)39-48-22-34(51-39)27-12-15-29-28-14-11-25(19-30(28)45(46,47)31(29)20-27)26-13-16-32-33(21-26)50-40(49-32)36-10-8-18-55(36)42(57)38(24(3)60-4)53-44(59)62-6/h11-16,19-24,35-38H,7-10,17-18H2,1-6H3,(H,48,51)(H,49,50)(H,52,58)(H,53,59)/t24-,35+,36+,37+,38+/m1/s1. The third kappa shape index (κ3) is 7.62. The number of alkyl carbamates (subject to hydrolysis) is 2. The first-order valence-electron chi connectivity index (χ1n) is 20.8. The Hall–Kier alpha value is -6.36. The minimum atomic E-state index is -3.29. The van der Waals surface area contributed by atoms with Crippen LogP contribution in [0.1, 0.15) is 81.3 Å². The molecule has 326 valence electrons. The predicted molar refractivity (Wildman–Crippen MR) is 225 cm³/mol. The van der Waals surface area contributed by atoms with Crippen LogP contribution in [0, 0.1) is 5.92 Å². The van der Waals surface area contributed by atoms with Gasteiger partial charge in [0, 0.05) is 36.9 Å². The molecule has 5 aromatic rings. The van der Waals surface area contributed by atoms with Gasteiger partial charge in [-0.25, -0.2) is 19.6 Å². The summed E-state index contributed by atoms with van der Waals surface area (Å²) in [5.41, 5.74) is 4.42. The van der Waals surface area contributed by atoms with E-state index in [2.05, 4.69) is 25.6 Å². The number of carbonyl (C=O) groups excluding carboxylic acids is 4. The van der Waals surface area contributed by atoms with Crippen molar-refractivity contribution in [1.82, 2.24) is 40.4 Å². The number of ether oxygens (including phenoxy) is 3. The van der Waals surface area contributed by atoms with Crippen LogP contribution in [0.4, 0.5) is 18.4 Å². The quantitative estimate of drug-likeness (QED) is 0.107. The Balaban J connectivity index is 1.01. The number of aromatic amines is 2. The van der Waals surface area contributed by atoms with Crippen molar-refractivity contribution in [2.45, 2.75) is 82.6 Å². The maximum Gasteiger partial charge on any atom is 0.407 e. The molecule has 2 saturated heterocycles. The summed E-state index contributed by atoms with van der Waals surface area (Å²) < 4.78 is 47.9. The highest BCUT2D eigenvalue weighted by atomic mass is 19.3. The van der Waals surface area contributed by atoms with Gasteiger partial charge in [0.25, 0.3) is 5.92 Å². The molecule has 5 atom stereocenters. The van der Waals surface area contributed by atoms with Gasteiger partial charge in [-0.2, -0.15) is 8.78 Å². The number of alkyl halides is 2. The molecule has 0 unspecified atom stereocenters. The number of nitrogens with zero attached hydrogens (tertiary/aromatic N) is 4. The minimum absolute atomic E-state index is 0.0984. The lowest BCUT2D eigenvalue weighted by atomic mass is 9.98. The van der Waals surface area contributed by atoms with E-state index in [0.717, 1.165) is 12.8 Å². The number of nitrogens with one attached hydrogen (secondary N) is 4. The topological polar surface area (TPSA) is 184 Å². The zero-order chi connectivity index (χ0) is 44.0. The average Bonchev–Trinajstić information content (AvgIpc) is 4.13. The Morgan fingerprint density at radius 1 is 0.742 bits per heavy atom. The molecule has 2 fully saturated rings. The molecule has 8 rings (SSSR count). The van der Waals surface area contributed by atoms with E-state index in [1.807, 2.05) is 38.1 Å². The van der Waals surface area contributed by atoms with Gasteiger partial charge < -0.3 is 44.6 Å². The first-order valence-corrected chi connectivity index (χ1v) is 20.8. The number of H-pyrrole nitrogens is 2. The van der Waals surface area contributed by atoms with Gasteiger partial charge in [-0.05, 0) is 85.0 Å². The first kappa shape index (κ1) is 42.3. The number of rotatable bonds is 11. The number of amides is 4. The molecule has 1 aliphatic carbocycles. The van der Waals surface area contributed by atoms with Crippen molar-refractivity contribution in [3.63, 3.8) is 0 Å². The van der Waals surface area contributed by atoms with Gasteiger partial charge in [-0.15, -0.1) is 0 Å². The normalized spacial score (nSPS) is 19.2. The molecule has 17 heteroatoms. The molecule has 3 aromatic carbocycles. The Kier molecular flexibility index (Phi) is 11.5. The zero-order valence-corrected chi connectivity index (χ0v) is 35.4. The maximum absolute atomic E-state index is 16.5. The Morgan fingerprint density at radius 2 is 1.29 bits per heavy atom. The number of fused-ring (bicyclic) bond motifs is 4. The van der Waals surface area contributed by atoms with E-state index in [4.69, 9.17) is 19.2 Å². The van der Waals surface area contributed by atoms with Crippen LogP contribution in [0.5, 0.6) is 0 Å². The van der Waals surface area contributed by atoms with Crippen molar-refractivity contribution in [2.24, 2.45) is 5.92 Å². The van der Waals surface area contributed by atoms with Gasteiger partial charge in [-0.1, -0.05) is 44.2 Å². The predicted octanol–water partition coefficient (Wildman–Crippen LogP) is 7.21. The van der Waals surface area contributed by atoms with Crippen LogP contribution in [0.25, 0.3) is 44.5 Å². The Labute approximate surface area is 356 Å². The average molecular weight is 853 g/mol. The molecule has 0 bridgehead atoms. The highest BCUT2D eigenvalue weighted by Crippen LogP contribution is 2.53. The fourth-order valence-electron chi connectivity index (χ4n) is 8.98. The number of carbonyl (C=O) groups is 4. The number of hydrogen-bond donors (Lipinski definition) is 4. The number of benzene rings is 3. The van der Waals surface area contributed by atoms with Crippen molar-refractivity contribution in [2.75, 3.05) is 34.4 Å². The molecule has 3 aliphatic rings. The monoisotopic (exact) mass is 852 g/mol. The molecule has 4 N–H and O–H groups in total. The summed E-state index contributed by atoms with van der Waals surface area (Å²) >= 11 is 0. The number of imidazole rings is 2. The van der Waals surface area contributed by atoms with Crippen molar-refractivity contribution in [3.8, 4) is 33.5 Å². The summed E-state index contributed by atoms with van der Waals surface area (Å²) in [6, 6.07) is 13.1. The van der Waals surface area contributed by atoms with Crippen molar-refractivity contribution in [1.29, 1.82) is 0 Å². The second-order valence-corrected chi connectivity index (χ2v) is 16.4. The molecule has 0 saturated carbocycles. The molecule has 2 aliphatic heterocycles. The van der Waals surface area contributed by atoms with Gasteiger partial charge in [-0.3, -0.25) is 9.59 Å². The maximum atomic E-state index is 16.5. The Morgan fingerprint density at radius 3 is 1.90 bits per heavy atom. The van der Waals surface area contributed by atoms with Crippen molar-refractivity contribution < 1.29 is 42.2 Å². The van der Waals surface area contributed by atoms with Gasteiger partial charge in [0.15, 0.2) is 0 Å². The van der Waals surface area contributed by atoms with Crippen molar-refractivity contribution in [3.05, 3.63) is 83.6 Å². The van der Waals surface area contributed by atoms with E-state index in [1.54, 1.807) is 41.1 Å². The molecule has 4 amide bonds. The van der Waals surface area contributed by atoms with Crippen LogP contribution in [0.3, 0.4) is 0 Å². The lowest BCUT2D eigenvalue weighted by Crippen LogP contribution is -2.54. The summed E-state index contributed by atoms with van der Waals surface area (Å²) in [7, 11) is 3.94. The van der Waals surface area contributed by atoms with Gasteiger partial charge in [0.1, 0.15) is 23.7 Å². The highest BCUT2D eigenvalue weighted by molar-refractivity contribution is 5.89. The van der Waals surface area contributed by atoms with E-state index in [0.29, 0.717) is 82.1 Å². The van der Waals surface area contributed by atoms with Crippen LogP contribution in [0.15, 0.2) is 60.8 Å². The second-order valence-electron chi connectivity index (χ2n) is 16.4. The summed E-state index contributed by atoms with van der Waals surface area (Å²) in [6.07, 6.45) is 2.36. The number of halogens is 2. The fourth-order valence-corrected chi connectivity index (χ4v) is 8.98. The SMILES string of the molecule is COC(=O)N[C@H](C(=O)N1CCC[C@H]1c1ncc(-c2ccc3c(c2)C(F)(F)c2cc(-c4ccc5nc([C@@H]6CCCN6C(=O)[C@@H](NC(=O)OC)[C@@H](C)OC)[nH]c5c4)ccc2-3)[nH]1)C(C)C. The van der Waals surface area contributed by atoms with Crippen molar-refractivity contribution >= 4 is 35.0 Å². The van der Waals surface area contributed by atoms with E-state index in [1.165, 1.54) is 33.5 Å². The van der Waals surface area contributed by atoms with Crippen LogP contribution < -0.4 is 10.6 Å². The van der Waals surface area contributed by atoms with Crippen LogP contribution >= 0.6 is 0 Å². The zero-order valence-electron chi connectivity index (χ0n) is 35.4. The molecular weight excluding hydrogens is 803 g/mol. The third-order valence-electron chi connectivity index (χ3n) is 12.4. The van der Waals surface area contributed by atoms with Crippen LogP contribution in [-0.4, -0.2) is 106 Å². The summed E-state index contributed by atoms with van der Waals surface area (Å²) in [4.78, 5) is 70.9. The van der Waals surface area contributed by atoms with Crippen LogP contribution in [-0.2, 0) is 29.7 Å². The Bertz CT molecular complexity index is 2540. The number of hydrogen-bond acceptors (Lipinski definition) is 9. The molecule has 4 heterocycles. The number of likely N-dealkylation sites (tertiary alicyclic amines) is 2. The molecule has 0 spiro atoms. The van der Waals surface area contributed by atoms with E-state index in [9.17, 15) is 19.2 Å². The van der Waals surface area contributed by atoms with Gasteiger partial charge in [0.2, 0.25) is 11.8 Å². The minimum Gasteiger partial charge on any atom is -0.453 e. The molecule has 0 radical (unpaired) electrons. The second kappa shape index (κ2) is 16.8. The number of methoxy groups -OCH3 is 3. The largest absolute Gasteiger partial charge is 0.453 e. The molecule has 62 heavy (non-hydrogen) atoms. The third-order valence-corrected chi connectivity index (χ3v) is 12.4. The lowest BCUT2D eigenvalue weighted by Gasteiger charge is -2.30. The van der Waals surface area contributed by atoms with E-state index in [-0.39, 0.29) is 40.9 Å². The van der Waals surface area contributed by atoms with Crippen LogP contribution in [0.2, 0.25) is 0 Å². The molecular formula is C45H50F2N8O7. The lowest BCUT2D eigenvalue weighted by molar-refractivity contribution is -0.137. The van der Waals surface area contributed by atoms with Gasteiger partial charge in [0.05, 0.1) is 55.3 Å². The summed E-state index contributed by atoms with van der Waals surface area (Å²) in [5, 5.41) is 5.24. The summed E-state index contributed by atoms with van der Waals surface area (Å²) in [5.74, 6) is -2.90. The first-order chi connectivity index (χ1) is 29.7. The van der Waals surface area contributed by atoms with Gasteiger partial charge >= 0.3 is 12.2 Å². The number of aromatic nitrogens is 4. The smallest absolute Gasteiger partial charge is 0.407 e. The molecule has 15 nitrogen and oxygen atoms in total. The molecule has 2 aromatic heterocycles. The highest BCUT2D eigenvalue weighted by Gasteiger charge is 2.45. The summed E-state index contributed by atoms with van der Waals surface area (Å²) in [6.45, 7) is 6.35. The van der Waals surface area contributed by atoms with E-state index < -0.39 is 36.3 Å².